The van der Waals surface area contributed by atoms with Crippen LogP contribution < -0.4 is 9.46 Å². The van der Waals surface area contributed by atoms with Crippen molar-refractivity contribution in [2.45, 2.75) is 63.1 Å². The maximum atomic E-state index is 14.6. The van der Waals surface area contributed by atoms with Crippen molar-refractivity contribution in [2.75, 3.05) is 24.4 Å². The molecule has 4 rings (SSSR count). The van der Waals surface area contributed by atoms with E-state index in [0.717, 1.165) is 42.9 Å². The molecule has 2 aromatic carbocycles. The number of unbranched alkanes of at least 4 members (excludes halogenated alkanes) is 3. The van der Waals surface area contributed by atoms with E-state index in [2.05, 4.69) is 21.5 Å². The highest BCUT2D eigenvalue weighted by molar-refractivity contribution is 7.92. The lowest BCUT2D eigenvalue weighted by Gasteiger charge is -2.29. The van der Waals surface area contributed by atoms with Crippen molar-refractivity contribution in [3.05, 3.63) is 82.9 Å². The molecule has 6 nitrogen and oxygen atoms in total. The molecule has 0 saturated heterocycles. The monoisotopic (exact) mass is 579 g/mol. The van der Waals surface area contributed by atoms with E-state index in [1.54, 1.807) is 18.2 Å². The number of anilines is 1. The first-order valence-electron chi connectivity index (χ1n) is 13.4. The summed E-state index contributed by atoms with van der Waals surface area (Å²) in [5.41, 5.74) is 1.51. The molecule has 2 heterocycles. The predicted molar refractivity (Wildman–Crippen MR) is 145 cm³/mol. The van der Waals surface area contributed by atoms with Crippen LogP contribution in [0.2, 0.25) is 0 Å². The van der Waals surface area contributed by atoms with Gasteiger partial charge in [-0.15, -0.1) is 0 Å². The first kappa shape index (κ1) is 29.8. The maximum Gasteiger partial charge on any atom is 0.433 e. The molecule has 0 atom stereocenters. The Morgan fingerprint density at radius 3 is 2.55 bits per heavy atom. The van der Waals surface area contributed by atoms with Crippen LogP contribution in [-0.2, 0) is 35.6 Å². The second-order valence-electron chi connectivity index (χ2n) is 9.91. The number of alkyl halides is 3. The summed E-state index contributed by atoms with van der Waals surface area (Å²) in [4.78, 5) is 5.72. The zero-order valence-electron chi connectivity index (χ0n) is 22.3. The van der Waals surface area contributed by atoms with Gasteiger partial charge in [0.1, 0.15) is 11.4 Å². The van der Waals surface area contributed by atoms with Gasteiger partial charge in [0.2, 0.25) is 0 Å². The fraction of sp³-hybridized carbons (Fsp3) is 0.414. The minimum Gasteiger partial charge on any atom is -0.493 e. The summed E-state index contributed by atoms with van der Waals surface area (Å²) in [6.07, 6.45) is 2.09. The lowest BCUT2D eigenvalue weighted by molar-refractivity contribution is -0.141. The molecular formula is C29H33F4N3O3S. The number of nitrogens with one attached hydrogen (secondary N) is 1. The number of sulfonamides is 1. The van der Waals surface area contributed by atoms with Crippen LogP contribution in [0.3, 0.4) is 0 Å². The Labute approximate surface area is 232 Å². The topological polar surface area (TPSA) is 71.5 Å². The third-order valence-corrected chi connectivity index (χ3v) is 8.23. The van der Waals surface area contributed by atoms with E-state index < -0.39 is 27.7 Å². The van der Waals surface area contributed by atoms with Crippen LogP contribution in [0, 0.1) is 5.82 Å². The summed E-state index contributed by atoms with van der Waals surface area (Å²) in [7, 11) is -4.01. The number of rotatable bonds is 12. The van der Waals surface area contributed by atoms with Crippen LogP contribution in [-0.4, -0.2) is 38.0 Å². The Balaban J connectivity index is 1.33. The molecule has 0 amide bonds. The van der Waals surface area contributed by atoms with Crippen molar-refractivity contribution < 1.29 is 30.7 Å². The second kappa shape index (κ2) is 13.0. The van der Waals surface area contributed by atoms with E-state index >= 15 is 0 Å². The minimum absolute atomic E-state index is 0.0474. The molecule has 0 aliphatic carbocycles. The highest BCUT2D eigenvalue weighted by Crippen LogP contribution is 2.28. The third-order valence-electron chi connectivity index (χ3n) is 6.86. The number of aromatic nitrogens is 1. The van der Waals surface area contributed by atoms with E-state index in [-0.39, 0.29) is 10.6 Å². The van der Waals surface area contributed by atoms with E-state index in [4.69, 9.17) is 4.74 Å². The first-order valence-corrected chi connectivity index (χ1v) is 14.8. The summed E-state index contributed by atoms with van der Waals surface area (Å²) < 4.78 is 86.7. The Bertz CT molecular complexity index is 1400. The van der Waals surface area contributed by atoms with Gasteiger partial charge in [-0.25, -0.2) is 12.8 Å². The van der Waals surface area contributed by atoms with Crippen LogP contribution >= 0.6 is 0 Å². The lowest BCUT2D eigenvalue weighted by Crippen LogP contribution is -2.32. The molecule has 0 fully saturated rings. The zero-order chi connectivity index (χ0) is 28.8. The molecular weight excluding hydrogens is 546 g/mol. The van der Waals surface area contributed by atoms with Crippen molar-refractivity contribution in [3.8, 4) is 5.75 Å². The molecule has 3 aromatic rings. The normalized spacial score (nSPS) is 14.1. The molecule has 0 unspecified atom stereocenters. The number of nitrogens with zero attached hydrogens (tertiary/aromatic N) is 2. The number of benzene rings is 2. The smallest absolute Gasteiger partial charge is 0.433 e. The van der Waals surface area contributed by atoms with Gasteiger partial charge in [-0.05, 0) is 66.3 Å². The van der Waals surface area contributed by atoms with Crippen LogP contribution in [0.25, 0.3) is 0 Å². The summed E-state index contributed by atoms with van der Waals surface area (Å²) in [5.74, 6) is -0.364. The van der Waals surface area contributed by atoms with Gasteiger partial charge >= 0.3 is 6.18 Å². The van der Waals surface area contributed by atoms with Gasteiger partial charge in [-0.3, -0.25) is 14.6 Å². The quantitative estimate of drug-likeness (QED) is 0.193. The fourth-order valence-corrected chi connectivity index (χ4v) is 5.68. The molecule has 0 radical (unpaired) electrons. The fourth-order valence-electron chi connectivity index (χ4n) is 4.56. The predicted octanol–water partition coefficient (Wildman–Crippen LogP) is 6.60. The molecule has 1 aliphatic heterocycles. The number of ether oxygens (including phenoxy) is 1. The molecule has 0 spiro atoms. The highest BCUT2D eigenvalue weighted by atomic mass is 32.2. The summed E-state index contributed by atoms with van der Waals surface area (Å²) in [6, 6.07) is 11.4. The van der Waals surface area contributed by atoms with Gasteiger partial charge in [-0.1, -0.05) is 38.3 Å². The van der Waals surface area contributed by atoms with Crippen molar-refractivity contribution in [2.24, 2.45) is 0 Å². The van der Waals surface area contributed by atoms with Gasteiger partial charge in [-0.2, -0.15) is 13.2 Å². The van der Waals surface area contributed by atoms with Crippen molar-refractivity contribution >= 4 is 15.7 Å². The highest BCUT2D eigenvalue weighted by Gasteiger charge is 2.32. The van der Waals surface area contributed by atoms with Gasteiger partial charge < -0.3 is 4.74 Å². The molecule has 1 N–H and O–H groups in total. The first-order chi connectivity index (χ1) is 19.0. The number of fused-ring (bicyclic) bond motifs is 1. The van der Waals surface area contributed by atoms with Gasteiger partial charge in [0.05, 0.1) is 17.2 Å². The number of halogens is 4. The largest absolute Gasteiger partial charge is 0.493 e. The zero-order valence-corrected chi connectivity index (χ0v) is 23.1. The molecule has 1 aliphatic rings. The van der Waals surface area contributed by atoms with Crippen LogP contribution in [0.15, 0.2) is 59.6 Å². The number of pyridine rings is 1. The van der Waals surface area contributed by atoms with Gasteiger partial charge in [0.15, 0.2) is 5.82 Å². The van der Waals surface area contributed by atoms with Crippen molar-refractivity contribution in [3.63, 3.8) is 0 Å². The van der Waals surface area contributed by atoms with Crippen LogP contribution in [0.5, 0.6) is 5.75 Å². The Hall–Kier alpha value is -3.18. The van der Waals surface area contributed by atoms with E-state index in [9.17, 15) is 26.0 Å². The third kappa shape index (κ3) is 7.94. The molecule has 0 bridgehead atoms. The standard InChI is InChI=1S/C29H33F4N3O3S/c1-2-3-4-5-16-39-24-8-10-27(26(30)18-24)35-40(37,38)25-9-7-23-20-36(15-13-22(23)17-25)14-12-21-6-11-28(34-19-21)29(31,32)33/h6-11,17-19,35H,2-5,12-16,20H2,1H3. The summed E-state index contributed by atoms with van der Waals surface area (Å²) >= 11 is 0. The maximum absolute atomic E-state index is 14.6. The van der Waals surface area contributed by atoms with E-state index in [0.29, 0.717) is 50.4 Å². The van der Waals surface area contributed by atoms with E-state index in [1.807, 2.05) is 0 Å². The van der Waals surface area contributed by atoms with Gasteiger partial charge in [0, 0.05) is 31.9 Å². The molecule has 1 aromatic heterocycles. The van der Waals surface area contributed by atoms with Gasteiger partial charge in [0.25, 0.3) is 10.0 Å². The second-order valence-corrected chi connectivity index (χ2v) is 11.6. The Morgan fingerprint density at radius 2 is 1.85 bits per heavy atom. The minimum atomic E-state index is -4.46. The van der Waals surface area contributed by atoms with Crippen LogP contribution in [0.4, 0.5) is 23.2 Å². The molecule has 216 valence electrons. The van der Waals surface area contributed by atoms with Crippen molar-refractivity contribution in [1.29, 1.82) is 0 Å². The summed E-state index contributed by atoms with van der Waals surface area (Å²) in [6.45, 7) is 4.48. The van der Waals surface area contributed by atoms with Crippen molar-refractivity contribution in [1.82, 2.24) is 9.88 Å². The number of hydrogen-bond acceptors (Lipinski definition) is 5. The number of hydrogen-bond donors (Lipinski definition) is 1. The molecule has 0 saturated carbocycles. The SMILES string of the molecule is CCCCCCOc1ccc(NS(=O)(=O)c2ccc3c(c2)CCN(CCc2ccc(C(F)(F)F)nc2)C3)c(F)c1. The lowest BCUT2D eigenvalue weighted by atomic mass is 9.99. The average Bonchev–Trinajstić information content (AvgIpc) is 2.92. The average molecular weight is 580 g/mol. The molecule has 40 heavy (non-hydrogen) atoms. The Kier molecular flexibility index (Phi) is 9.68. The van der Waals surface area contributed by atoms with Crippen LogP contribution in [0.1, 0.15) is 55.0 Å². The Morgan fingerprint density at radius 1 is 1.02 bits per heavy atom. The molecule has 11 heteroatoms. The van der Waals surface area contributed by atoms with E-state index in [1.165, 1.54) is 30.5 Å². The summed E-state index contributed by atoms with van der Waals surface area (Å²) in [5, 5.41) is 0.